The molecule has 0 atom stereocenters. The van der Waals surface area contributed by atoms with E-state index in [1.54, 1.807) is 45.5 Å². The number of halogens is 4. The summed E-state index contributed by atoms with van der Waals surface area (Å²) in [6, 6.07) is 35.7. The number of alkyl halides is 1. The van der Waals surface area contributed by atoms with Gasteiger partial charge in [-0.05, 0) is 290 Å². The molecule has 0 unspecified atom stereocenters. The zero-order valence-corrected chi connectivity index (χ0v) is 64.5. The Hall–Kier alpha value is -8.08. The number of anilines is 1. The lowest BCUT2D eigenvalue weighted by atomic mass is 9.89. The molecule has 0 amide bonds. The fraction of sp³-hybridized carbons (Fsp3) is 0.412. The van der Waals surface area contributed by atoms with Gasteiger partial charge < -0.3 is 10.8 Å². The third kappa shape index (κ3) is 28.6. The minimum absolute atomic E-state index is 0.133. The Morgan fingerprint density at radius 3 is 1.05 bits per heavy atom. The van der Waals surface area contributed by atoms with Gasteiger partial charge in [-0.3, -0.25) is 20.2 Å². The van der Waals surface area contributed by atoms with E-state index in [1.807, 2.05) is 31.2 Å². The Morgan fingerprint density at radius 2 is 0.647 bits per heavy atom. The molecule has 7 aliphatic carbocycles. The van der Waals surface area contributed by atoms with Crippen molar-refractivity contribution in [3.05, 3.63) is 242 Å². The van der Waals surface area contributed by atoms with E-state index in [9.17, 15) is 20.2 Å². The molecule has 0 spiro atoms. The largest absolute Gasteiger partial charge is 0.398 e. The molecule has 0 aliphatic heterocycles. The summed E-state index contributed by atoms with van der Waals surface area (Å²) in [7, 11) is 0. The lowest BCUT2D eigenvalue weighted by Gasteiger charge is -2.18. The summed E-state index contributed by atoms with van der Waals surface area (Å²) in [5, 5.41) is 31.6. The van der Waals surface area contributed by atoms with Crippen molar-refractivity contribution in [2.75, 3.05) is 5.73 Å². The minimum Gasteiger partial charge on any atom is -0.398 e. The number of fused-ring (bicyclic) bond motifs is 7. The molecule has 7 aromatic rings. The van der Waals surface area contributed by atoms with Crippen LogP contribution in [0.1, 0.15) is 196 Å². The molecule has 0 radical (unpaired) electrons. The molecule has 7 aromatic carbocycles. The molecule has 7 aliphatic rings. The number of aliphatic hydroxyl groups excluding tert-OH is 1. The third-order valence-electron chi connectivity index (χ3n) is 18.6. The van der Waals surface area contributed by atoms with Crippen LogP contribution in [0.3, 0.4) is 0 Å². The first kappa shape index (κ1) is 88.1. The Bertz CT molecular complexity index is 3810. The minimum atomic E-state index is -0.274. The van der Waals surface area contributed by atoms with E-state index < -0.39 is 0 Å². The van der Waals surface area contributed by atoms with E-state index in [1.165, 1.54) is 181 Å². The quantitative estimate of drug-likeness (QED) is 0.0716. The molecule has 0 saturated heterocycles. The first-order valence-corrected chi connectivity index (χ1v) is 37.7. The van der Waals surface area contributed by atoms with Gasteiger partial charge in [-0.25, -0.2) is 0 Å². The maximum absolute atomic E-state index is 10.9. The number of nitrogens with two attached hydrogens (primary N) is 1. The summed E-state index contributed by atoms with van der Waals surface area (Å²) in [6.07, 6.45) is 35.3. The molecule has 22 heteroatoms. The van der Waals surface area contributed by atoms with Crippen molar-refractivity contribution in [2.45, 2.75) is 212 Å². The molecule has 0 saturated carbocycles. The van der Waals surface area contributed by atoms with Gasteiger partial charge in [0.05, 0.1) is 16.5 Å². The smallest absolute Gasteiger partial charge is 0.373 e. The van der Waals surface area contributed by atoms with Gasteiger partial charge in [0.1, 0.15) is 0 Å². The SMILES string of the molecule is BrCc1ccc2c(c1Br)CCCC2.Cc1ccc2c(c1Br)CCCC2.Cc1ccc2c(c1N)CCCC2.Cc1ccc2c(c1[N+](=O)[O-])CCCC2.O=C=O.O=C=O.O=C=O.O=C=O.O=C=O.O=[N+]([O-])c1cccc2c1CCCC2.OCc1ccc2c(c1Br)CCCC2.c1ccc2c(c1)CCCC2. The Morgan fingerprint density at radius 1 is 0.353 bits per heavy atom. The predicted molar refractivity (Wildman–Crippen MR) is 400 cm³/mol. The molecule has 14 rings (SSSR count). The Labute approximate surface area is 630 Å². The summed E-state index contributed by atoms with van der Waals surface area (Å²) >= 11 is 14.4. The molecular weight excluding hydrogens is 1560 g/mol. The highest BCUT2D eigenvalue weighted by Crippen LogP contribution is 2.36. The third-order valence-corrected chi connectivity index (χ3v) is 22.3. The van der Waals surface area contributed by atoms with E-state index >= 15 is 0 Å². The molecule has 102 heavy (non-hydrogen) atoms. The highest BCUT2D eigenvalue weighted by atomic mass is 79.9. The van der Waals surface area contributed by atoms with Gasteiger partial charge in [0.25, 0.3) is 11.4 Å². The van der Waals surface area contributed by atoms with Crippen LogP contribution in [-0.4, -0.2) is 45.7 Å². The normalized spacial score (nSPS) is 13.6. The first-order chi connectivity index (χ1) is 49.3. The molecule has 0 heterocycles. The Kier molecular flexibility index (Phi) is 43.5. The summed E-state index contributed by atoms with van der Waals surface area (Å²) < 4.78 is 3.81. The molecule has 542 valence electrons. The maximum Gasteiger partial charge on any atom is 0.373 e. The monoisotopic (exact) mass is 1650 g/mol. The van der Waals surface area contributed by atoms with Crippen LogP contribution in [0.5, 0.6) is 0 Å². The molecular formula is C80H89Br4N3O15. The van der Waals surface area contributed by atoms with Crippen LogP contribution in [0.4, 0.5) is 17.1 Å². The van der Waals surface area contributed by atoms with Gasteiger partial charge in [-0.15, -0.1) is 0 Å². The average molecular weight is 1650 g/mol. The van der Waals surface area contributed by atoms with Crippen molar-refractivity contribution in [3.63, 3.8) is 0 Å². The predicted octanol–water partition coefficient (Wildman–Crippen LogP) is 18.0. The van der Waals surface area contributed by atoms with Crippen molar-refractivity contribution in [1.29, 1.82) is 0 Å². The van der Waals surface area contributed by atoms with Gasteiger partial charge in [0, 0.05) is 47.2 Å². The number of hydrogen-bond donors (Lipinski definition) is 2. The number of rotatable bonds is 4. The van der Waals surface area contributed by atoms with Crippen LogP contribution in [0.2, 0.25) is 0 Å². The number of nitrogen functional groups attached to an aromatic ring is 1. The van der Waals surface area contributed by atoms with Gasteiger partial charge >= 0.3 is 30.8 Å². The summed E-state index contributed by atoms with van der Waals surface area (Å²) in [4.78, 5) is 102. The van der Waals surface area contributed by atoms with Gasteiger partial charge in [0.2, 0.25) is 0 Å². The van der Waals surface area contributed by atoms with Crippen LogP contribution >= 0.6 is 63.7 Å². The van der Waals surface area contributed by atoms with E-state index in [2.05, 4.69) is 144 Å². The fourth-order valence-electron chi connectivity index (χ4n) is 13.6. The fourth-order valence-corrected chi connectivity index (χ4v) is 16.4. The van der Waals surface area contributed by atoms with Crippen LogP contribution in [0.25, 0.3) is 0 Å². The van der Waals surface area contributed by atoms with Crippen molar-refractivity contribution < 1.29 is 62.9 Å². The lowest BCUT2D eigenvalue weighted by Crippen LogP contribution is -2.07. The number of aryl methyl sites for hydroxylation is 11. The summed E-state index contributed by atoms with van der Waals surface area (Å²) in [5.41, 5.74) is 32.9. The van der Waals surface area contributed by atoms with E-state index in [-0.39, 0.29) is 47.2 Å². The molecule has 18 nitrogen and oxygen atoms in total. The zero-order valence-electron chi connectivity index (χ0n) is 58.2. The highest BCUT2D eigenvalue weighted by molar-refractivity contribution is 9.11. The summed E-state index contributed by atoms with van der Waals surface area (Å²) in [6.45, 7) is 6.20. The number of carbonyl (C=O) groups excluding carboxylic acids is 10. The number of nitro groups is 2. The summed E-state index contributed by atoms with van der Waals surface area (Å²) in [5.74, 6) is 0. The number of hydrogen-bond acceptors (Lipinski definition) is 16. The zero-order chi connectivity index (χ0) is 75.4. The molecule has 0 fully saturated rings. The van der Waals surface area contributed by atoms with Crippen molar-refractivity contribution in [2.24, 2.45) is 0 Å². The number of benzene rings is 7. The molecule has 3 N–H and O–H groups in total. The maximum atomic E-state index is 10.9. The Balaban J connectivity index is 0.000000299. The van der Waals surface area contributed by atoms with E-state index in [4.69, 9.17) is 58.8 Å². The standard InChI is InChI=1S/C11H12Br2.C11H13BrO.C11H13Br.C11H13NO2.C11H15N.C10H11NO2.C10H12.5CO2/c12-7-9-6-5-8-3-1-2-4-10(8)11(9)13;12-11-9(7-13)6-5-8-3-1-2-4-10(8)11;1-8-6-7-9-4-2-3-5-10(9)11(8)12;1-8-6-7-9-4-2-3-5-10(9)11(8)12(13)14;1-8-6-7-9-4-2-3-5-10(9)11(8)12;12-11(13)10-7-3-5-8-4-1-2-6-9(8)10;1-2-6-10-8-4-3-7-9(10)5-1;5*2-1-3/h5-6H,1-4,7H2;5-6,13H,1-4,7H2;6-7H,2-5H2,1H3;6-7H,2-5H2,1H3;6-7H,2-5,12H2,1H3;3,5,7H,1-2,4,6H2;1-2,5-6H,3-4,7-8H2;;;;;. The second kappa shape index (κ2) is 50.3. The van der Waals surface area contributed by atoms with Gasteiger partial charge in [-0.2, -0.15) is 47.9 Å². The number of nitro benzene ring substituents is 2. The van der Waals surface area contributed by atoms with Gasteiger partial charge in [-0.1, -0.05) is 161 Å². The van der Waals surface area contributed by atoms with Crippen molar-refractivity contribution in [1.82, 2.24) is 0 Å². The molecule has 0 aromatic heterocycles. The topological polar surface area (TPSA) is 303 Å². The van der Waals surface area contributed by atoms with E-state index in [0.29, 0.717) is 11.4 Å². The molecule has 0 bridgehead atoms. The van der Waals surface area contributed by atoms with E-state index in [0.717, 1.165) is 95.5 Å². The van der Waals surface area contributed by atoms with Crippen LogP contribution in [0, 0.1) is 41.0 Å². The van der Waals surface area contributed by atoms with Crippen LogP contribution in [0.15, 0.2) is 117 Å². The van der Waals surface area contributed by atoms with Crippen LogP contribution in [-0.2, 0) is 150 Å². The van der Waals surface area contributed by atoms with Crippen LogP contribution < -0.4 is 5.73 Å². The van der Waals surface area contributed by atoms with Gasteiger partial charge in [0.15, 0.2) is 0 Å². The number of aliphatic hydroxyl groups is 1. The second-order valence-corrected chi connectivity index (χ2v) is 27.8. The first-order valence-electron chi connectivity index (χ1n) is 34.2. The number of nitrogens with zero attached hydrogens (tertiary/aromatic N) is 2. The average Bonchev–Trinajstić information content (AvgIpc) is 0.832. The second-order valence-electron chi connectivity index (χ2n) is 24.8. The van der Waals surface area contributed by atoms with Crippen molar-refractivity contribution in [3.8, 4) is 0 Å². The lowest BCUT2D eigenvalue weighted by molar-refractivity contribution is -0.386. The highest BCUT2D eigenvalue weighted by Gasteiger charge is 2.24. The van der Waals surface area contributed by atoms with Crippen molar-refractivity contribution >= 4 is 112 Å².